The van der Waals surface area contributed by atoms with Crippen molar-refractivity contribution in [3.8, 4) is 17.1 Å². The number of alkyl halides is 5. The maximum absolute atomic E-state index is 13.9. The maximum atomic E-state index is 13.9. The Bertz CT molecular complexity index is 1790. The van der Waals surface area contributed by atoms with E-state index in [0.717, 1.165) is 29.3 Å². The molecule has 4 aromatic rings. The number of hydrogen-bond donors (Lipinski definition) is 2. The van der Waals surface area contributed by atoms with Crippen molar-refractivity contribution >= 4 is 21.9 Å². The first-order valence-electron chi connectivity index (χ1n) is 12.7. The summed E-state index contributed by atoms with van der Waals surface area (Å²) < 4.78 is 101. The summed E-state index contributed by atoms with van der Waals surface area (Å²) in [5.74, 6) is -6.27. The molecule has 3 aromatic carbocycles. The SMILES string of the molecule is Cc1cccc(C)c1-c1cc2nc(n1)NS(=O)(=O)c1cccc(c1)C(=O)NCC(c1ccc(C(F)(F)C(F)(F)F)cc1)O2. The number of benzene rings is 3. The van der Waals surface area contributed by atoms with Crippen LogP contribution in [0.3, 0.4) is 0 Å². The molecule has 0 radical (unpaired) electrons. The summed E-state index contributed by atoms with van der Waals surface area (Å²) in [6, 6.07) is 15.4. The lowest BCUT2D eigenvalue weighted by atomic mass is 10.00. The molecule has 14 heteroatoms. The normalized spacial score (nSPS) is 16.9. The molecule has 4 bridgehead atoms. The lowest BCUT2D eigenvalue weighted by molar-refractivity contribution is -0.289. The predicted molar refractivity (Wildman–Crippen MR) is 146 cm³/mol. The highest BCUT2D eigenvalue weighted by Gasteiger charge is 2.58. The first-order valence-corrected chi connectivity index (χ1v) is 14.2. The third-order valence-electron chi connectivity index (χ3n) is 6.78. The number of ether oxygens (including phenoxy) is 1. The van der Waals surface area contributed by atoms with Crippen LogP contribution in [0, 0.1) is 13.8 Å². The van der Waals surface area contributed by atoms with Gasteiger partial charge in [0.2, 0.25) is 11.8 Å². The first-order chi connectivity index (χ1) is 20.2. The third-order valence-corrected chi connectivity index (χ3v) is 8.11. The summed E-state index contributed by atoms with van der Waals surface area (Å²) in [6.45, 7) is 3.38. The number of fused-ring (bicyclic) bond motifs is 4. The first kappa shape index (κ1) is 29.9. The average molecular weight is 619 g/mol. The van der Waals surface area contributed by atoms with E-state index in [1.54, 1.807) is 0 Å². The fourth-order valence-corrected chi connectivity index (χ4v) is 5.58. The topological polar surface area (TPSA) is 110 Å². The molecule has 1 aliphatic heterocycles. The van der Waals surface area contributed by atoms with Gasteiger partial charge >= 0.3 is 12.1 Å². The van der Waals surface area contributed by atoms with E-state index in [4.69, 9.17) is 4.74 Å². The minimum atomic E-state index is -5.80. The Labute approximate surface area is 243 Å². The van der Waals surface area contributed by atoms with Crippen LogP contribution < -0.4 is 14.8 Å². The van der Waals surface area contributed by atoms with Crippen LogP contribution in [0.15, 0.2) is 77.7 Å². The van der Waals surface area contributed by atoms with E-state index in [0.29, 0.717) is 23.4 Å². The van der Waals surface area contributed by atoms with E-state index in [2.05, 4.69) is 20.0 Å². The molecule has 2 heterocycles. The van der Waals surface area contributed by atoms with Crippen LogP contribution in [0.2, 0.25) is 0 Å². The predicted octanol–water partition coefficient (Wildman–Crippen LogP) is 6.08. The second-order valence-corrected chi connectivity index (χ2v) is 11.5. The number of carbonyl (C=O) groups is 1. The van der Waals surface area contributed by atoms with Gasteiger partial charge in [-0.15, -0.1) is 0 Å². The number of hydrogen-bond acceptors (Lipinski definition) is 6. The second-order valence-electron chi connectivity index (χ2n) is 9.83. The van der Waals surface area contributed by atoms with E-state index in [-0.39, 0.29) is 34.4 Å². The monoisotopic (exact) mass is 618 g/mol. The van der Waals surface area contributed by atoms with E-state index in [1.165, 1.54) is 24.3 Å². The smallest absolute Gasteiger partial charge is 0.458 e. The molecule has 1 atom stereocenters. The quantitative estimate of drug-likeness (QED) is 0.270. The van der Waals surface area contributed by atoms with Crippen molar-refractivity contribution in [3.63, 3.8) is 0 Å². The Hall–Kier alpha value is -4.59. The zero-order chi connectivity index (χ0) is 31.2. The standard InChI is InChI=1S/C29H23F5N4O4S/c1-16-5-3-6-17(2)25(16)22-14-24-37-27(36-22)38-43(40,41)21-8-4-7-19(13-21)26(39)35-15-23(42-24)18-9-11-20(12-10-18)28(30,31)29(32,33)34/h3-14,23H,15H2,1-2H3,(H,35,39)(H,36,37,38). The zero-order valence-corrected chi connectivity index (χ0v) is 23.4. The summed E-state index contributed by atoms with van der Waals surface area (Å²) in [7, 11) is -4.27. The number of nitrogens with one attached hydrogen (secondary N) is 2. The number of halogens is 5. The fraction of sp³-hybridized carbons (Fsp3) is 0.207. The zero-order valence-electron chi connectivity index (χ0n) is 22.5. The molecule has 43 heavy (non-hydrogen) atoms. The lowest BCUT2D eigenvalue weighted by Gasteiger charge is -2.23. The summed E-state index contributed by atoms with van der Waals surface area (Å²) in [6.07, 6.45) is -6.94. The van der Waals surface area contributed by atoms with Gasteiger partial charge in [0.25, 0.3) is 15.9 Å². The van der Waals surface area contributed by atoms with Gasteiger partial charge in [-0.3, -0.25) is 4.79 Å². The third kappa shape index (κ3) is 6.00. The molecule has 0 fully saturated rings. The molecule has 0 spiro atoms. The molecule has 0 saturated carbocycles. The highest BCUT2D eigenvalue weighted by molar-refractivity contribution is 7.92. The van der Waals surface area contributed by atoms with Crippen LogP contribution in [0.4, 0.5) is 27.9 Å². The van der Waals surface area contributed by atoms with Crippen LogP contribution in [-0.2, 0) is 15.9 Å². The van der Waals surface area contributed by atoms with Crippen molar-refractivity contribution in [3.05, 3.63) is 101 Å². The summed E-state index contributed by atoms with van der Waals surface area (Å²) in [4.78, 5) is 21.3. The lowest BCUT2D eigenvalue weighted by Crippen LogP contribution is -2.34. The Morgan fingerprint density at radius 2 is 1.53 bits per heavy atom. The molecule has 1 aliphatic rings. The van der Waals surface area contributed by atoms with Crippen LogP contribution in [0.5, 0.6) is 5.88 Å². The molecule has 2 N–H and O–H groups in total. The number of sulfonamides is 1. The molecular formula is C29H23F5N4O4S. The van der Waals surface area contributed by atoms with Gasteiger partial charge in [-0.1, -0.05) is 48.5 Å². The Balaban J connectivity index is 1.64. The molecule has 5 rings (SSSR count). The van der Waals surface area contributed by atoms with Crippen molar-refractivity contribution < 1.29 is 39.9 Å². The van der Waals surface area contributed by atoms with E-state index in [1.807, 2.05) is 32.0 Å². The fourth-order valence-electron chi connectivity index (χ4n) is 4.59. The molecule has 8 nitrogen and oxygen atoms in total. The van der Waals surface area contributed by atoms with Crippen molar-refractivity contribution in [1.29, 1.82) is 0 Å². The minimum absolute atomic E-state index is 0.00936. The highest BCUT2D eigenvalue weighted by atomic mass is 32.2. The van der Waals surface area contributed by atoms with Gasteiger partial charge in [-0.05, 0) is 48.7 Å². The van der Waals surface area contributed by atoms with Gasteiger partial charge in [-0.25, -0.2) is 18.1 Å². The Morgan fingerprint density at radius 1 is 0.884 bits per heavy atom. The number of aryl methyl sites for hydroxylation is 2. The van der Waals surface area contributed by atoms with Gasteiger partial charge in [-0.2, -0.15) is 26.9 Å². The number of nitrogens with zero attached hydrogens (tertiary/aromatic N) is 2. The molecule has 1 amide bonds. The number of anilines is 1. The molecule has 1 unspecified atom stereocenters. The average Bonchev–Trinajstić information content (AvgIpc) is 2.94. The van der Waals surface area contributed by atoms with Crippen molar-refractivity contribution in [1.82, 2.24) is 15.3 Å². The van der Waals surface area contributed by atoms with Gasteiger partial charge in [0.05, 0.1) is 17.1 Å². The van der Waals surface area contributed by atoms with Crippen LogP contribution in [-0.4, -0.2) is 37.0 Å². The van der Waals surface area contributed by atoms with Gasteiger partial charge in [0.1, 0.15) is 6.10 Å². The van der Waals surface area contributed by atoms with E-state index >= 15 is 0 Å². The molecular weight excluding hydrogens is 595 g/mol. The van der Waals surface area contributed by atoms with E-state index < -0.39 is 39.7 Å². The minimum Gasteiger partial charge on any atom is -0.467 e. The van der Waals surface area contributed by atoms with Crippen molar-refractivity contribution in [2.75, 3.05) is 11.3 Å². The number of amides is 1. The number of rotatable bonds is 3. The van der Waals surface area contributed by atoms with Crippen LogP contribution in [0.1, 0.15) is 38.7 Å². The van der Waals surface area contributed by atoms with Crippen LogP contribution in [0.25, 0.3) is 11.3 Å². The maximum Gasteiger partial charge on any atom is 0.458 e. The van der Waals surface area contributed by atoms with Crippen molar-refractivity contribution in [2.45, 2.75) is 36.9 Å². The Kier molecular flexibility index (Phi) is 7.59. The van der Waals surface area contributed by atoms with Crippen LogP contribution >= 0.6 is 0 Å². The summed E-state index contributed by atoms with van der Waals surface area (Å²) >= 11 is 0. The molecule has 0 saturated heterocycles. The van der Waals surface area contributed by atoms with E-state index in [9.17, 15) is 35.2 Å². The van der Waals surface area contributed by atoms with Gasteiger partial charge in [0, 0.05) is 22.8 Å². The summed E-state index contributed by atoms with van der Waals surface area (Å²) in [5.41, 5.74) is 1.45. The van der Waals surface area contributed by atoms with Gasteiger partial charge in [0.15, 0.2) is 0 Å². The van der Waals surface area contributed by atoms with Gasteiger partial charge < -0.3 is 10.1 Å². The molecule has 224 valence electrons. The second kappa shape index (κ2) is 10.9. The summed E-state index contributed by atoms with van der Waals surface area (Å²) in [5, 5.41) is 2.60. The van der Waals surface area contributed by atoms with Crippen molar-refractivity contribution in [2.24, 2.45) is 0 Å². The largest absolute Gasteiger partial charge is 0.467 e. The number of carbonyl (C=O) groups excluding carboxylic acids is 1. The number of aromatic nitrogens is 2. The Morgan fingerprint density at radius 3 is 2.19 bits per heavy atom. The highest BCUT2D eigenvalue weighted by Crippen LogP contribution is 2.44. The molecule has 1 aromatic heterocycles. The molecule has 0 aliphatic carbocycles.